The van der Waals surface area contributed by atoms with Crippen molar-refractivity contribution in [2.24, 2.45) is 5.92 Å². The molecule has 1 atom stereocenters. The van der Waals surface area contributed by atoms with Gasteiger partial charge in [-0.05, 0) is 47.4 Å². The van der Waals surface area contributed by atoms with Gasteiger partial charge in [0.1, 0.15) is 12.6 Å². The molecule has 0 aliphatic carbocycles. The second kappa shape index (κ2) is 14.6. The summed E-state index contributed by atoms with van der Waals surface area (Å²) in [6.07, 6.45) is 1.17. The van der Waals surface area contributed by atoms with Crippen molar-refractivity contribution in [1.29, 1.82) is 0 Å². The van der Waals surface area contributed by atoms with Crippen LogP contribution in [0.3, 0.4) is 0 Å². The maximum atomic E-state index is 14.1. The molecule has 0 saturated heterocycles. The van der Waals surface area contributed by atoms with Gasteiger partial charge in [-0.3, -0.25) is 13.9 Å². The highest BCUT2D eigenvalue weighted by molar-refractivity contribution is 7.92. The van der Waals surface area contributed by atoms with Gasteiger partial charge in [0, 0.05) is 24.5 Å². The quantitative estimate of drug-likeness (QED) is 0.241. The standard InChI is InChI=1S/C29H31Cl4N3O4S/c1-19(2)16-34-29(38)27(14-20-7-5-4-6-8-20)35(17-21-9-11-23(31)24(32)13-21)28(37)18-36(41(3,39)40)26-12-10-22(30)15-25(26)33/h4-13,15,19,27H,14,16-18H2,1-3H3,(H,34,38). The van der Waals surface area contributed by atoms with Gasteiger partial charge >= 0.3 is 0 Å². The summed E-state index contributed by atoms with van der Waals surface area (Å²) in [5.74, 6) is -0.817. The maximum absolute atomic E-state index is 14.1. The number of amides is 2. The Labute approximate surface area is 261 Å². The summed E-state index contributed by atoms with van der Waals surface area (Å²) in [5, 5.41) is 3.92. The molecule has 0 fully saturated rings. The fourth-order valence-corrected chi connectivity index (χ4v) is 5.83. The van der Waals surface area contributed by atoms with Crippen LogP contribution in [0.15, 0.2) is 66.7 Å². The minimum Gasteiger partial charge on any atom is -0.354 e. The average molecular weight is 659 g/mol. The molecule has 0 bridgehead atoms. The van der Waals surface area contributed by atoms with Gasteiger partial charge in [0.15, 0.2) is 0 Å². The number of anilines is 1. The van der Waals surface area contributed by atoms with Gasteiger partial charge < -0.3 is 10.2 Å². The molecule has 0 radical (unpaired) electrons. The lowest BCUT2D eigenvalue weighted by atomic mass is 10.0. The number of rotatable bonds is 12. The first kappa shape index (κ1) is 33.0. The second-order valence-electron chi connectivity index (χ2n) is 9.98. The molecule has 3 rings (SSSR count). The smallest absolute Gasteiger partial charge is 0.244 e. The molecule has 0 aliphatic heterocycles. The summed E-state index contributed by atoms with van der Waals surface area (Å²) in [7, 11) is -3.97. The highest BCUT2D eigenvalue weighted by Gasteiger charge is 2.33. The summed E-state index contributed by atoms with van der Waals surface area (Å²) in [6, 6.07) is 17.5. The zero-order valence-corrected chi connectivity index (χ0v) is 26.6. The number of carbonyl (C=O) groups excluding carboxylic acids is 2. The van der Waals surface area contributed by atoms with Crippen LogP contribution < -0.4 is 9.62 Å². The topological polar surface area (TPSA) is 86.8 Å². The number of nitrogens with zero attached hydrogens (tertiary/aromatic N) is 2. The Balaban J connectivity index is 2.08. The summed E-state index contributed by atoms with van der Waals surface area (Å²) in [5.41, 5.74) is 1.52. The van der Waals surface area contributed by atoms with E-state index in [1.807, 2.05) is 44.2 Å². The molecule has 1 N–H and O–H groups in total. The molecular weight excluding hydrogens is 628 g/mol. The lowest BCUT2D eigenvalue weighted by Crippen LogP contribution is -2.53. The molecule has 220 valence electrons. The van der Waals surface area contributed by atoms with Crippen LogP contribution in [0.2, 0.25) is 20.1 Å². The van der Waals surface area contributed by atoms with Crippen LogP contribution in [0.25, 0.3) is 0 Å². The van der Waals surface area contributed by atoms with Crippen molar-refractivity contribution in [1.82, 2.24) is 10.2 Å². The highest BCUT2D eigenvalue weighted by atomic mass is 35.5. The zero-order chi connectivity index (χ0) is 30.3. The SMILES string of the molecule is CC(C)CNC(=O)C(Cc1ccccc1)N(Cc1ccc(Cl)c(Cl)c1)C(=O)CN(c1ccc(Cl)cc1Cl)S(C)(=O)=O. The van der Waals surface area contributed by atoms with Crippen LogP contribution in [-0.4, -0.2) is 50.5 Å². The minimum absolute atomic E-state index is 0.0335. The summed E-state index contributed by atoms with van der Waals surface area (Å²) in [6.45, 7) is 3.68. The third-order valence-corrected chi connectivity index (χ3v) is 8.55. The monoisotopic (exact) mass is 657 g/mol. The van der Waals surface area contributed by atoms with E-state index >= 15 is 0 Å². The van der Waals surface area contributed by atoms with Gasteiger partial charge in [0.2, 0.25) is 21.8 Å². The van der Waals surface area contributed by atoms with Gasteiger partial charge in [-0.15, -0.1) is 0 Å². The van der Waals surface area contributed by atoms with Gasteiger partial charge in [-0.25, -0.2) is 8.42 Å². The van der Waals surface area contributed by atoms with Crippen molar-refractivity contribution in [2.45, 2.75) is 32.9 Å². The Morgan fingerprint density at radius 3 is 2.12 bits per heavy atom. The number of halogens is 4. The average Bonchev–Trinajstić information content (AvgIpc) is 2.90. The number of nitrogens with one attached hydrogen (secondary N) is 1. The predicted molar refractivity (Wildman–Crippen MR) is 167 cm³/mol. The molecule has 2 amide bonds. The maximum Gasteiger partial charge on any atom is 0.244 e. The van der Waals surface area contributed by atoms with E-state index in [-0.39, 0.29) is 40.5 Å². The molecule has 3 aromatic carbocycles. The molecule has 0 spiro atoms. The van der Waals surface area contributed by atoms with Crippen molar-refractivity contribution in [3.63, 3.8) is 0 Å². The number of hydrogen-bond acceptors (Lipinski definition) is 4. The fraction of sp³-hybridized carbons (Fsp3) is 0.310. The molecular formula is C29H31Cl4N3O4S. The van der Waals surface area contributed by atoms with E-state index in [4.69, 9.17) is 46.4 Å². The number of benzene rings is 3. The largest absolute Gasteiger partial charge is 0.354 e. The minimum atomic E-state index is -3.97. The first-order chi connectivity index (χ1) is 19.3. The third-order valence-electron chi connectivity index (χ3n) is 6.15. The van der Waals surface area contributed by atoms with Crippen molar-refractivity contribution in [3.8, 4) is 0 Å². The van der Waals surface area contributed by atoms with Crippen molar-refractivity contribution in [3.05, 3.63) is 97.9 Å². The lowest BCUT2D eigenvalue weighted by molar-refractivity contribution is -0.140. The second-order valence-corrected chi connectivity index (χ2v) is 13.5. The third kappa shape index (κ3) is 9.51. The summed E-state index contributed by atoms with van der Waals surface area (Å²) < 4.78 is 26.7. The molecule has 0 aromatic heterocycles. The Kier molecular flexibility index (Phi) is 11.8. The highest BCUT2D eigenvalue weighted by Crippen LogP contribution is 2.31. The normalized spacial score (nSPS) is 12.2. The molecule has 0 saturated carbocycles. The van der Waals surface area contributed by atoms with Gasteiger partial charge in [0.25, 0.3) is 0 Å². The summed E-state index contributed by atoms with van der Waals surface area (Å²) >= 11 is 24.7. The number of carbonyl (C=O) groups is 2. The molecule has 7 nitrogen and oxygen atoms in total. The first-order valence-electron chi connectivity index (χ1n) is 12.7. The van der Waals surface area contributed by atoms with E-state index in [1.165, 1.54) is 23.1 Å². The zero-order valence-electron chi connectivity index (χ0n) is 22.8. The van der Waals surface area contributed by atoms with E-state index in [0.717, 1.165) is 16.1 Å². The van der Waals surface area contributed by atoms with E-state index < -0.39 is 28.5 Å². The number of sulfonamides is 1. The molecule has 41 heavy (non-hydrogen) atoms. The molecule has 0 heterocycles. The van der Waals surface area contributed by atoms with E-state index in [9.17, 15) is 18.0 Å². The van der Waals surface area contributed by atoms with Crippen LogP contribution in [0, 0.1) is 5.92 Å². The Morgan fingerprint density at radius 2 is 1.54 bits per heavy atom. The fourth-order valence-electron chi connectivity index (χ4n) is 4.09. The molecule has 1 unspecified atom stereocenters. The van der Waals surface area contributed by atoms with Gasteiger partial charge in [-0.1, -0.05) is 96.6 Å². The van der Waals surface area contributed by atoms with Crippen LogP contribution in [-0.2, 0) is 32.6 Å². The van der Waals surface area contributed by atoms with Crippen molar-refractivity contribution < 1.29 is 18.0 Å². The Bertz CT molecular complexity index is 1490. The van der Waals surface area contributed by atoms with Crippen molar-refractivity contribution in [2.75, 3.05) is 23.7 Å². The van der Waals surface area contributed by atoms with E-state index in [1.54, 1.807) is 18.2 Å². The molecule has 0 aliphatic rings. The van der Waals surface area contributed by atoms with Crippen LogP contribution >= 0.6 is 46.4 Å². The molecule has 3 aromatic rings. The van der Waals surface area contributed by atoms with Crippen LogP contribution in [0.4, 0.5) is 5.69 Å². The first-order valence-corrected chi connectivity index (χ1v) is 16.1. The Morgan fingerprint density at radius 1 is 0.854 bits per heavy atom. The number of hydrogen-bond donors (Lipinski definition) is 1. The van der Waals surface area contributed by atoms with E-state index in [2.05, 4.69) is 5.32 Å². The van der Waals surface area contributed by atoms with Gasteiger partial charge in [-0.2, -0.15) is 0 Å². The molecule has 12 heteroatoms. The summed E-state index contributed by atoms with van der Waals surface area (Å²) in [4.78, 5) is 29.1. The predicted octanol–water partition coefficient (Wildman–Crippen LogP) is 6.48. The van der Waals surface area contributed by atoms with Crippen LogP contribution in [0.5, 0.6) is 0 Å². The van der Waals surface area contributed by atoms with Crippen molar-refractivity contribution >= 4 is 73.9 Å². The van der Waals surface area contributed by atoms with Gasteiger partial charge in [0.05, 0.1) is 27.0 Å². The van der Waals surface area contributed by atoms with E-state index in [0.29, 0.717) is 22.2 Å². The lowest BCUT2D eigenvalue weighted by Gasteiger charge is -2.34. The Hall–Kier alpha value is -2.49. The van der Waals surface area contributed by atoms with Crippen LogP contribution in [0.1, 0.15) is 25.0 Å².